The molecule has 6 nitrogen and oxygen atoms in total. The van der Waals surface area contributed by atoms with Crippen molar-refractivity contribution < 1.29 is 4.79 Å². The highest BCUT2D eigenvalue weighted by Crippen LogP contribution is 2.29. The number of amides is 1. The van der Waals surface area contributed by atoms with Gasteiger partial charge in [0.1, 0.15) is 16.5 Å². The quantitative estimate of drug-likeness (QED) is 0.591. The van der Waals surface area contributed by atoms with Gasteiger partial charge in [-0.05, 0) is 56.5 Å². The van der Waals surface area contributed by atoms with Crippen molar-refractivity contribution in [3.05, 3.63) is 59.2 Å². The summed E-state index contributed by atoms with van der Waals surface area (Å²) < 4.78 is 0. The van der Waals surface area contributed by atoms with E-state index in [2.05, 4.69) is 59.0 Å². The number of carbonyl (C=O) groups is 1. The molecule has 0 spiro atoms. The number of carbonyl (C=O) groups excluding carboxylic acids is 1. The molecule has 5 rings (SSSR count). The van der Waals surface area contributed by atoms with Crippen molar-refractivity contribution in [3.63, 3.8) is 0 Å². The number of thiazole rings is 1. The van der Waals surface area contributed by atoms with Crippen LogP contribution in [0.3, 0.4) is 0 Å². The van der Waals surface area contributed by atoms with Crippen LogP contribution in [0.2, 0.25) is 0 Å². The summed E-state index contributed by atoms with van der Waals surface area (Å²) >= 11 is 1.53. The fraction of sp³-hybridized carbons (Fsp3) is 0.400. The molecule has 3 aromatic rings. The largest absolute Gasteiger partial charge is 0.365 e. The number of aryl methyl sites for hydroxylation is 1. The number of benzene rings is 1. The van der Waals surface area contributed by atoms with Gasteiger partial charge in [0.2, 0.25) is 0 Å². The van der Waals surface area contributed by atoms with E-state index in [-0.39, 0.29) is 11.9 Å². The molecule has 2 saturated heterocycles. The third kappa shape index (κ3) is 4.21. The van der Waals surface area contributed by atoms with Crippen LogP contribution in [0.4, 0.5) is 11.5 Å². The number of rotatable bonds is 4. The molecule has 0 N–H and O–H groups in total. The molecule has 2 aliphatic rings. The number of aromatic nitrogens is 2. The highest BCUT2D eigenvalue weighted by atomic mass is 32.1. The Bertz CT molecular complexity index is 1110. The summed E-state index contributed by atoms with van der Waals surface area (Å²) in [4.78, 5) is 29.1. The Morgan fingerprint density at radius 3 is 2.72 bits per heavy atom. The fourth-order valence-corrected chi connectivity index (χ4v) is 5.46. The number of anilines is 2. The van der Waals surface area contributed by atoms with E-state index in [0.717, 1.165) is 36.0 Å². The zero-order chi connectivity index (χ0) is 22.1. The van der Waals surface area contributed by atoms with E-state index in [1.54, 1.807) is 0 Å². The topological polar surface area (TPSA) is 52.6 Å². The molecule has 0 aliphatic carbocycles. The van der Waals surface area contributed by atoms with Crippen LogP contribution in [0.5, 0.6) is 0 Å². The molecule has 0 radical (unpaired) electrons. The van der Waals surface area contributed by atoms with Crippen molar-refractivity contribution in [1.82, 2.24) is 14.9 Å². The summed E-state index contributed by atoms with van der Waals surface area (Å²) in [7, 11) is 0. The van der Waals surface area contributed by atoms with E-state index in [0.29, 0.717) is 18.8 Å². The van der Waals surface area contributed by atoms with Gasteiger partial charge in [0.05, 0.1) is 0 Å². The first-order valence-corrected chi connectivity index (χ1v) is 12.3. The molecule has 166 valence electrons. The van der Waals surface area contributed by atoms with Gasteiger partial charge in [-0.2, -0.15) is 0 Å². The van der Waals surface area contributed by atoms with Crippen molar-refractivity contribution in [1.29, 1.82) is 0 Å². The van der Waals surface area contributed by atoms with Gasteiger partial charge in [0.25, 0.3) is 5.91 Å². The van der Waals surface area contributed by atoms with Crippen LogP contribution in [-0.2, 0) is 0 Å². The predicted molar refractivity (Wildman–Crippen MR) is 131 cm³/mol. The van der Waals surface area contributed by atoms with E-state index in [1.165, 1.54) is 35.4 Å². The number of hydrogen-bond acceptors (Lipinski definition) is 6. The number of piperazine rings is 1. The molecule has 0 saturated carbocycles. The summed E-state index contributed by atoms with van der Waals surface area (Å²) in [6.07, 6.45) is 4.28. The van der Waals surface area contributed by atoms with Gasteiger partial charge in [-0.1, -0.05) is 12.1 Å². The van der Waals surface area contributed by atoms with E-state index in [1.807, 2.05) is 22.5 Å². The zero-order valence-corrected chi connectivity index (χ0v) is 19.5. The summed E-state index contributed by atoms with van der Waals surface area (Å²) in [5, 5.41) is 2.77. The molecule has 4 heterocycles. The van der Waals surface area contributed by atoms with E-state index >= 15 is 0 Å². The van der Waals surface area contributed by atoms with Gasteiger partial charge in [0.15, 0.2) is 0 Å². The predicted octanol–water partition coefficient (Wildman–Crippen LogP) is 4.46. The highest BCUT2D eigenvalue weighted by molar-refractivity contribution is 7.13. The van der Waals surface area contributed by atoms with Crippen molar-refractivity contribution in [2.45, 2.75) is 32.7 Å². The molecule has 1 atom stereocenters. The van der Waals surface area contributed by atoms with Crippen LogP contribution in [0.1, 0.15) is 35.8 Å². The van der Waals surface area contributed by atoms with Gasteiger partial charge in [0, 0.05) is 61.6 Å². The number of nitrogens with zero attached hydrogens (tertiary/aromatic N) is 5. The molecular formula is C25H29N5OS. The molecule has 32 heavy (non-hydrogen) atoms. The maximum Gasteiger partial charge on any atom is 0.273 e. The Kier molecular flexibility index (Phi) is 5.83. The lowest BCUT2D eigenvalue weighted by Gasteiger charge is -2.41. The molecular weight excluding hydrogens is 418 g/mol. The average molecular weight is 448 g/mol. The lowest BCUT2D eigenvalue weighted by Crippen LogP contribution is -2.53. The highest BCUT2D eigenvalue weighted by Gasteiger charge is 2.29. The second-order valence-electron chi connectivity index (χ2n) is 8.77. The van der Waals surface area contributed by atoms with E-state index in [4.69, 9.17) is 4.98 Å². The third-order valence-electron chi connectivity index (χ3n) is 6.39. The van der Waals surface area contributed by atoms with Crippen LogP contribution in [0.25, 0.3) is 10.6 Å². The Morgan fingerprint density at radius 2 is 1.94 bits per heavy atom. The lowest BCUT2D eigenvalue weighted by atomic mass is 10.1. The van der Waals surface area contributed by atoms with Gasteiger partial charge in [-0.25, -0.2) is 9.97 Å². The first kappa shape index (κ1) is 20.9. The summed E-state index contributed by atoms with van der Waals surface area (Å²) in [6, 6.07) is 12.9. The van der Waals surface area contributed by atoms with Crippen molar-refractivity contribution in [2.75, 3.05) is 42.5 Å². The minimum Gasteiger partial charge on any atom is -0.365 e. The minimum absolute atomic E-state index is 0.0251. The molecule has 2 aromatic heterocycles. The van der Waals surface area contributed by atoms with Crippen LogP contribution < -0.4 is 9.80 Å². The summed E-state index contributed by atoms with van der Waals surface area (Å²) in [5.41, 5.74) is 4.06. The zero-order valence-electron chi connectivity index (χ0n) is 18.7. The molecule has 1 aromatic carbocycles. The Hall–Kier alpha value is -2.93. The standard InChI is InChI=1S/C25H29N5OS/c1-18-6-5-7-21(14-18)30-13-12-29(16-19(30)2)25(31)22-17-32-24(27-22)20-8-9-26-23(15-20)28-10-3-4-11-28/h5-9,14-15,17,19H,3-4,10-13,16H2,1-2H3/t19-/m1/s1. The average Bonchev–Trinajstić information content (AvgIpc) is 3.51. The third-order valence-corrected chi connectivity index (χ3v) is 7.29. The van der Waals surface area contributed by atoms with Crippen molar-refractivity contribution in [2.24, 2.45) is 0 Å². The second kappa shape index (κ2) is 8.90. The van der Waals surface area contributed by atoms with Crippen molar-refractivity contribution >= 4 is 28.7 Å². The first-order valence-electron chi connectivity index (χ1n) is 11.4. The second-order valence-corrected chi connectivity index (χ2v) is 9.63. The van der Waals surface area contributed by atoms with Gasteiger partial charge in [-0.15, -0.1) is 11.3 Å². The monoisotopic (exact) mass is 447 g/mol. The first-order chi connectivity index (χ1) is 15.6. The molecule has 1 amide bonds. The fourth-order valence-electron chi connectivity index (χ4n) is 4.67. The van der Waals surface area contributed by atoms with E-state index in [9.17, 15) is 4.79 Å². The van der Waals surface area contributed by atoms with Gasteiger partial charge < -0.3 is 14.7 Å². The van der Waals surface area contributed by atoms with Gasteiger partial charge >= 0.3 is 0 Å². The molecule has 0 unspecified atom stereocenters. The maximum atomic E-state index is 13.2. The number of hydrogen-bond donors (Lipinski definition) is 0. The normalized spacial score (nSPS) is 18.9. The maximum absolute atomic E-state index is 13.2. The summed E-state index contributed by atoms with van der Waals surface area (Å²) in [6.45, 7) is 8.66. The SMILES string of the molecule is Cc1cccc(N2CCN(C(=O)c3csc(-c4ccnc(N5CCCC5)c4)n3)C[C@H]2C)c1. The van der Waals surface area contributed by atoms with E-state index < -0.39 is 0 Å². The van der Waals surface area contributed by atoms with Crippen LogP contribution in [-0.4, -0.2) is 59.5 Å². The van der Waals surface area contributed by atoms with Gasteiger partial charge in [-0.3, -0.25) is 4.79 Å². The summed E-state index contributed by atoms with van der Waals surface area (Å²) in [5.74, 6) is 1.03. The van der Waals surface area contributed by atoms with Crippen LogP contribution in [0.15, 0.2) is 48.0 Å². The molecule has 2 fully saturated rings. The van der Waals surface area contributed by atoms with Crippen LogP contribution >= 0.6 is 11.3 Å². The molecule has 2 aliphatic heterocycles. The van der Waals surface area contributed by atoms with Crippen LogP contribution in [0, 0.1) is 6.92 Å². The molecule has 7 heteroatoms. The Labute approximate surface area is 193 Å². The minimum atomic E-state index is 0.0251. The Balaban J connectivity index is 1.28. The number of pyridine rings is 1. The Morgan fingerprint density at radius 1 is 1.09 bits per heavy atom. The van der Waals surface area contributed by atoms with Crippen molar-refractivity contribution in [3.8, 4) is 10.6 Å². The molecule has 0 bridgehead atoms. The smallest absolute Gasteiger partial charge is 0.273 e. The lowest BCUT2D eigenvalue weighted by molar-refractivity contribution is 0.0721.